The van der Waals surface area contributed by atoms with Gasteiger partial charge in [0.25, 0.3) is 5.91 Å². The molecule has 0 fully saturated rings. The fourth-order valence-corrected chi connectivity index (χ4v) is 1.03. The first-order valence-corrected chi connectivity index (χ1v) is 3.77. The van der Waals surface area contributed by atoms with E-state index in [0.29, 0.717) is 5.56 Å². The van der Waals surface area contributed by atoms with Crippen molar-refractivity contribution < 1.29 is 13.9 Å². The van der Waals surface area contributed by atoms with Gasteiger partial charge >= 0.3 is 0 Å². The first kappa shape index (κ1) is 9.67. The molecule has 2 N–H and O–H groups in total. The quantitative estimate of drug-likeness (QED) is 0.761. The highest BCUT2D eigenvalue weighted by molar-refractivity contribution is 5.80. The number of carbonyl (C=O) groups excluding carboxylic acids is 1. The molecule has 1 rings (SSSR count). The van der Waals surface area contributed by atoms with Crippen molar-refractivity contribution in [1.29, 1.82) is 0 Å². The number of hydrogen-bond acceptors (Lipinski definition) is 2. The number of nitrogens with two attached hydrogens (primary N) is 1. The maximum Gasteiger partial charge on any atom is 0.251 e. The van der Waals surface area contributed by atoms with Crippen molar-refractivity contribution in [1.82, 2.24) is 0 Å². The van der Waals surface area contributed by atoms with E-state index in [4.69, 9.17) is 5.73 Å². The number of primary amides is 1. The van der Waals surface area contributed by atoms with Crippen LogP contribution >= 0.6 is 0 Å². The predicted octanol–water partition coefficient (Wildman–Crippen LogP) is 1.16. The van der Waals surface area contributed by atoms with Crippen LogP contribution in [0.3, 0.4) is 0 Å². The Hall–Kier alpha value is -1.42. The molecular weight excluding hydrogens is 173 g/mol. The highest BCUT2D eigenvalue weighted by atomic mass is 19.1. The van der Waals surface area contributed by atoms with E-state index in [9.17, 15) is 9.18 Å². The Bertz CT molecular complexity index is 276. The Kier molecular flexibility index (Phi) is 3.40. The van der Waals surface area contributed by atoms with Gasteiger partial charge in [-0.15, -0.1) is 0 Å². The van der Waals surface area contributed by atoms with Gasteiger partial charge in [-0.3, -0.25) is 4.79 Å². The Morgan fingerprint density at radius 1 is 1.46 bits per heavy atom. The third-order valence-electron chi connectivity index (χ3n) is 1.59. The van der Waals surface area contributed by atoms with Gasteiger partial charge < -0.3 is 10.5 Å². The van der Waals surface area contributed by atoms with Gasteiger partial charge in [-0.05, 0) is 5.56 Å². The molecule has 4 heteroatoms. The molecule has 1 aromatic carbocycles. The van der Waals surface area contributed by atoms with E-state index in [1.54, 1.807) is 30.3 Å². The van der Waals surface area contributed by atoms with Crippen molar-refractivity contribution in [3.8, 4) is 0 Å². The zero-order valence-corrected chi connectivity index (χ0v) is 6.94. The van der Waals surface area contributed by atoms with Crippen molar-refractivity contribution in [3.63, 3.8) is 0 Å². The summed E-state index contributed by atoms with van der Waals surface area (Å²) in [4.78, 5) is 10.8. The molecular formula is C9H10FNO2. The molecule has 0 bridgehead atoms. The van der Waals surface area contributed by atoms with Crippen LogP contribution in [0.2, 0.25) is 0 Å². The number of carbonyl (C=O) groups is 1. The van der Waals surface area contributed by atoms with Gasteiger partial charge in [0.15, 0.2) is 13.0 Å². The third kappa shape index (κ3) is 2.52. The van der Waals surface area contributed by atoms with E-state index in [1.165, 1.54) is 0 Å². The maximum absolute atomic E-state index is 11.9. The summed E-state index contributed by atoms with van der Waals surface area (Å²) < 4.78 is 16.4. The minimum atomic E-state index is -1.03. The largest absolute Gasteiger partial charge is 0.367 e. The summed E-state index contributed by atoms with van der Waals surface area (Å²) in [5, 5.41) is 0. The van der Waals surface area contributed by atoms with Crippen LogP contribution in [-0.2, 0) is 9.53 Å². The van der Waals surface area contributed by atoms with E-state index >= 15 is 0 Å². The van der Waals surface area contributed by atoms with E-state index in [1.807, 2.05) is 0 Å². The number of ether oxygens (including phenoxy) is 1. The number of amides is 1. The van der Waals surface area contributed by atoms with Gasteiger partial charge in [0.05, 0.1) is 0 Å². The smallest absolute Gasteiger partial charge is 0.251 e. The van der Waals surface area contributed by atoms with Crippen LogP contribution in [0.5, 0.6) is 0 Å². The van der Waals surface area contributed by atoms with Crippen LogP contribution in [0.15, 0.2) is 30.3 Å². The standard InChI is InChI=1S/C9H10FNO2/c10-6-13-8(9(11)12)7-4-2-1-3-5-7/h1-5,8H,6H2,(H2,11,12). The van der Waals surface area contributed by atoms with Gasteiger partial charge in [0, 0.05) is 0 Å². The topological polar surface area (TPSA) is 52.3 Å². The Morgan fingerprint density at radius 3 is 2.54 bits per heavy atom. The molecule has 0 aliphatic rings. The number of halogens is 1. The summed E-state index contributed by atoms with van der Waals surface area (Å²) in [6, 6.07) is 8.56. The van der Waals surface area contributed by atoms with Crippen molar-refractivity contribution in [2.75, 3.05) is 6.86 Å². The maximum atomic E-state index is 11.9. The fourth-order valence-electron chi connectivity index (χ4n) is 1.03. The lowest BCUT2D eigenvalue weighted by Gasteiger charge is -2.11. The second kappa shape index (κ2) is 4.57. The average Bonchev–Trinajstić information content (AvgIpc) is 2.15. The summed E-state index contributed by atoms with van der Waals surface area (Å²) in [5.41, 5.74) is 5.59. The van der Waals surface area contributed by atoms with E-state index in [-0.39, 0.29) is 0 Å². The molecule has 70 valence electrons. The molecule has 1 amide bonds. The lowest BCUT2D eigenvalue weighted by Crippen LogP contribution is -2.23. The summed E-state index contributed by atoms with van der Waals surface area (Å²) in [5.74, 6) is -0.691. The van der Waals surface area contributed by atoms with Gasteiger partial charge in [0.1, 0.15) is 0 Å². The van der Waals surface area contributed by atoms with Crippen LogP contribution in [-0.4, -0.2) is 12.8 Å². The van der Waals surface area contributed by atoms with Crippen molar-refractivity contribution >= 4 is 5.91 Å². The van der Waals surface area contributed by atoms with Crippen molar-refractivity contribution in [2.24, 2.45) is 5.73 Å². The number of benzene rings is 1. The van der Waals surface area contributed by atoms with Crippen LogP contribution in [0.25, 0.3) is 0 Å². The van der Waals surface area contributed by atoms with E-state index < -0.39 is 18.9 Å². The number of hydrogen-bond donors (Lipinski definition) is 1. The summed E-state index contributed by atoms with van der Waals surface area (Å²) in [6.07, 6.45) is -0.994. The predicted molar refractivity (Wildman–Crippen MR) is 45.4 cm³/mol. The first-order valence-electron chi connectivity index (χ1n) is 3.77. The van der Waals surface area contributed by atoms with Gasteiger partial charge in [-0.2, -0.15) is 0 Å². The molecule has 0 heterocycles. The monoisotopic (exact) mass is 183 g/mol. The molecule has 13 heavy (non-hydrogen) atoms. The van der Waals surface area contributed by atoms with Crippen LogP contribution in [0.1, 0.15) is 11.7 Å². The minimum Gasteiger partial charge on any atom is -0.367 e. The molecule has 1 aromatic rings. The van der Waals surface area contributed by atoms with Crippen molar-refractivity contribution in [2.45, 2.75) is 6.10 Å². The highest BCUT2D eigenvalue weighted by Gasteiger charge is 2.17. The van der Waals surface area contributed by atoms with E-state index in [2.05, 4.69) is 4.74 Å². The zero-order chi connectivity index (χ0) is 9.68. The molecule has 0 aromatic heterocycles. The number of alkyl halides is 1. The lowest BCUT2D eigenvalue weighted by molar-refractivity contribution is -0.133. The summed E-state index contributed by atoms with van der Waals surface area (Å²) >= 11 is 0. The molecule has 0 saturated heterocycles. The summed E-state index contributed by atoms with van der Waals surface area (Å²) in [7, 11) is 0. The zero-order valence-electron chi connectivity index (χ0n) is 6.94. The highest BCUT2D eigenvalue weighted by Crippen LogP contribution is 2.16. The second-order valence-electron chi connectivity index (χ2n) is 2.47. The average molecular weight is 183 g/mol. The van der Waals surface area contributed by atoms with Crippen LogP contribution in [0.4, 0.5) is 4.39 Å². The fraction of sp³-hybridized carbons (Fsp3) is 0.222. The molecule has 0 spiro atoms. The molecule has 1 atom stereocenters. The summed E-state index contributed by atoms with van der Waals surface area (Å²) in [6.45, 7) is -1.03. The number of rotatable bonds is 4. The van der Waals surface area contributed by atoms with E-state index in [0.717, 1.165) is 0 Å². The molecule has 0 aliphatic carbocycles. The molecule has 3 nitrogen and oxygen atoms in total. The molecule has 0 radical (unpaired) electrons. The Labute approximate surface area is 75.3 Å². The normalized spacial score (nSPS) is 12.4. The Balaban J connectivity index is 2.82. The lowest BCUT2D eigenvalue weighted by atomic mass is 10.1. The van der Waals surface area contributed by atoms with Crippen molar-refractivity contribution in [3.05, 3.63) is 35.9 Å². The van der Waals surface area contributed by atoms with Gasteiger partial charge in [-0.1, -0.05) is 30.3 Å². The molecule has 0 aliphatic heterocycles. The SMILES string of the molecule is NC(=O)C(OCF)c1ccccc1. The van der Waals surface area contributed by atoms with Crippen LogP contribution < -0.4 is 5.73 Å². The van der Waals surface area contributed by atoms with Gasteiger partial charge in [-0.25, -0.2) is 4.39 Å². The molecule has 1 unspecified atom stereocenters. The second-order valence-corrected chi connectivity index (χ2v) is 2.47. The minimum absolute atomic E-state index is 0.563. The van der Waals surface area contributed by atoms with Crippen LogP contribution in [0, 0.1) is 0 Å². The third-order valence-corrected chi connectivity index (χ3v) is 1.59. The Morgan fingerprint density at radius 2 is 2.08 bits per heavy atom. The molecule has 0 saturated carbocycles. The first-order chi connectivity index (χ1) is 6.25. The van der Waals surface area contributed by atoms with Gasteiger partial charge in [0.2, 0.25) is 0 Å².